The highest BCUT2D eigenvalue weighted by Gasteiger charge is 2.21. The fraction of sp³-hybridized carbons (Fsp3) is 0. The number of para-hydroxylation sites is 6. The summed E-state index contributed by atoms with van der Waals surface area (Å²) in [6, 6.07) is 91.2. The lowest BCUT2D eigenvalue weighted by molar-refractivity contribution is 0.588. The molecular formula is C67H43N7O2. The van der Waals surface area contributed by atoms with E-state index in [0.29, 0.717) is 34.2 Å². The van der Waals surface area contributed by atoms with Gasteiger partial charge in [-0.05, 0) is 146 Å². The summed E-state index contributed by atoms with van der Waals surface area (Å²) in [4.78, 5) is 19.2. The van der Waals surface area contributed by atoms with Gasteiger partial charge in [0.25, 0.3) is 11.4 Å². The Morgan fingerprint density at radius 2 is 0.618 bits per heavy atom. The lowest BCUT2D eigenvalue weighted by Gasteiger charge is -2.25. The molecule has 358 valence electrons. The predicted molar refractivity (Wildman–Crippen MR) is 308 cm³/mol. The minimum atomic E-state index is 0.382. The number of rotatable bonds is 10. The summed E-state index contributed by atoms with van der Waals surface area (Å²) >= 11 is 0. The normalized spacial score (nSPS) is 11.7. The van der Waals surface area contributed by atoms with Gasteiger partial charge in [-0.25, -0.2) is 9.97 Å². The van der Waals surface area contributed by atoms with E-state index in [2.05, 4.69) is 249 Å². The molecule has 0 atom stereocenters. The highest BCUT2D eigenvalue weighted by molar-refractivity contribution is 6.12. The van der Waals surface area contributed by atoms with Crippen molar-refractivity contribution in [2.45, 2.75) is 0 Å². The molecule has 10 aromatic carbocycles. The minimum absolute atomic E-state index is 0.382. The Morgan fingerprint density at radius 1 is 0.276 bits per heavy atom. The minimum Gasteiger partial charge on any atom is -0.418 e. The van der Waals surface area contributed by atoms with E-state index in [1.807, 2.05) is 30.3 Å². The Morgan fingerprint density at radius 3 is 1.00 bits per heavy atom. The van der Waals surface area contributed by atoms with Crippen LogP contribution < -0.4 is 9.80 Å². The third-order valence-electron chi connectivity index (χ3n) is 14.4. The Hall–Kier alpha value is -10.5. The fourth-order valence-electron chi connectivity index (χ4n) is 10.9. The molecule has 0 fully saturated rings. The van der Waals surface area contributed by atoms with Crippen LogP contribution in [0.25, 0.3) is 100 Å². The Bertz CT molecular complexity index is 4200. The van der Waals surface area contributed by atoms with Gasteiger partial charge < -0.3 is 27.8 Å². The Kier molecular flexibility index (Phi) is 9.99. The first-order valence-corrected chi connectivity index (χ1v) is 25.3. The van der Waals surface area contributed by atoms with Crippen LogP contribution in [-0.2, 0) is 0 Å². The quantitative estimate of drug-likeness (QED) is 0.135. The van der Waals surface area contributed by atoms with Crippen molar-refractivity contribution in [2.24, 2.45) is 0 Å². The van der Waals surface area contributed by atoms with Crippen LogP contribution in [0, 0.1) is 0 Å². The average molecular weight is 978 g/mol. The molecule has 0 aliphatic carbocycles. The second-order valence-corrected chi connectivity index (χ2v) is 18.9. The maximum Gasteiger partial charge on any atom is 0.250 e. The van der Waals surface area contributed by atoms with Gasteiger partial charge in [0.05, 0.1) is 22.1 Å². The van der Waals surface area contributed by atoms with Crippen molar-refractivity contribution < 1.29 is 8.83 Å². The SMILES string of the molecule is c1ccc(N(c2ccccc2)c2ccc3c(c2)c2ccccc2n3-c2ccc(-c3nc4cc5nc(-c6ccc(-n7c8ccccc8c8cc(N(c9ccccc9)c9ccccc9)ccc87)cc6)oc5nc4o3)cc2)cc1. The van der Waals surface area contributed by atoms with Crippen molar-refractivity contribution in [1.82, 2.24) is 24.1 Å². The first-order valence-electron chi connectivity index (χ1n) is 25.3. The van der Waals surface area contributed by atoms with Crippen LogP contribution in [0.15, 0.2) is 270 Å². The molecule has 9 nitrogen and oxygen atoms in total. The van der Waals surface area contributed by atoms with Crippen LogP contribution in [-0.4, -0.2) is 24.1 Å². The molecule has 76 heavy (non-hydrogen) atoms. The van der Waals surface area contributed by atoms with Crippen molar-refractivity contribution in [3.8, 4) is 34.3 Å². The van der Waals surface area contributed by atoms with E-state index in [9.17, 15) is 0 Å². The number of hydrogen-bond donors (Lipinski definition) is 0. The molecule has 0 amide bonds. The van der Waals surface area contributed by atoms with Gasteiger partial charge in [0, 0.05) is 84.2 Å². The summed E-state index contributed by atoms with van der Waals surface area (Å²) in [6.07, 6.45) is 0. The van der Waals surface area contributed by atoms with Gasteiger partial charge in [0.15, 0.2) is 0 Å². The van der Waals surface area contributed by atoms with Crippen molar-refractivity contribution in [2.75, 3.05) is 9.80 Å². The summed E-state index contributed by atoms with van der Waals surface area (Å²) in [5.41, 5.74) is 16.7. The molecular weight excluding hydrogens is 935 g/mol. The van der Waals surface area contributed by atoms with Crippen LogP contribution >= 0.6 is 0 Å². The molecule has 15 rings (SSSR count). The van der Waals surface area contributed by atoms with E-state index < -0.39 is 0 Å². The maximum atomic E-state index is 6.32. The van der Waals surface area contributed by atoms with Gasteiger partial charge in [0.2, 0.25) is 11.8 Å². The monoisotopic (exact) mass is 977 g/mol. The summed E-state index contributed by atoms with van der Waals surface area (Å²) < 4.78 is 17.3. The van der Waals surface area contributed by atoms with E-state index in [1.165, 1.54) is 21.5 Å². The highest BCUT2D eigenvalue weighted by atomic mass is 16.4. The van der Waals surface area contributed by atoms with E-state index in [0.717, 1.165) is 78.7 Å². The van der Waals surface area contributed by atoms with Crippen LogP contribution in [0.5, 0.6) is 0 Å². The summed E-state index contributed by atoms with van der Waals surface area (Å²) in [5, 5.41) is 4.69. The number of oxazole rings is 2. The second kappa shape index (κ2) is 17.6. The number of fused-ring (bicyclic) bond motifs is 8. The number of benzene rings is 10. The zero-order chi connectivity index (χ0) is 50.1. The molecule has 0 saturated carbocycles. The van der Waals surface area contributed by atoms with Gasteiger partial charge in [-0.2, -0.15) is 4.98 Å². The first kappa shape index (κ1) is 43.1. The zero-order valence-electron chi connectivity index (χ0n) is 40.8. The van der Waals surface area contributed by atoms with E-state index in [4.69, 9.17) is 23.8 Å². The average Bonchev–Trinajstić information content (AvgIpc) is 4.32. The van der Waals surface area contributed by atoms with Crippen molar-refractivity contribution in [3.05, 3.63) is 261 Å². The van der Waals surface area contributed by atoms with Gasteiger partial charge in [-0.3, -0.25) is 0 Å². The lowest BCUT2D eigenvalue weighted by atomic mass is 10.1. The van der Waals surface area contributed by atoms with E-state index >= 15 is 0 Å². The highest BCUT2D eigenvalue weighted by Crippen LogP contribution is 2.42. The van der Waals surface area contributed by atoms with E-state index in [-0.39, 0.29) is 0 Å². The Balaban J connectivity index is 0.718. The van der Waals surface area contributed by atoms with Crippen molar-refractivity contribution in [3.63, 3.8) is 0 Å². The van der Waals surface area contributed by atoms with Crippen LogP contribution in [0.2, 0.25) is 0 Å². The van der Waals surface area contributed by atoms with Crippen LogP contribution in [0.3, 0.4) is 0 Å². The standard InChI is InChI=1S/C67H43N7O2/c1-5-17-46(18-6-1)71(47-19-7-2-8-20-47)52-37-39-62-56(41-52)54-25-13-15-27-60(54)73(62)50-33-29-44(30-34-50)64-68-58-43-59-67(70-66(58)75-64)76-65(69-59)45-31-35-51(36-32-45)74-61-28-16-14-26-55(61)57-42-53(38-40-63(57)74)72(48-21-9-3-10-22-48)49-23-11-4-12-24-49/h1-43H. The molecule has 0 bridgehead atoms. The second-order valence-electron chi connectivity index (χ2n) is 18.9. The van der Waals surface area contributed by atoms with Crippen LogP contribution in [0.1, 0.15) is 0 Å². The molecule has 0 aliphatic heterocycles. The summed E-state index contributed by atoms with van der Waals surface area (Å²) in [7, 11) is 0. The molecule has 5 aromatic heterocycles. The molecule has 15 aromatic rings. The molecule has 0 unspecified atom stereocenters. The third-order valence-corrected chi connectivity index (χ3v) is 14.4. The number of nitrogens with zero attached hydrogens (tertiary/aromatic N) is 7. The van der Waals surface area contributed by atoms with Crippen molar-refractivity contribution >= 4 is 100 Å². The number of pyridine rings is 1. The van der Waals surface area contributed by atoms with Gasteiger partial charge in [-0.1, -0.05) is 109 Å². The molecule has 0 aliphatic rings. The number of aromatic nitrogens is 5. The van der Waals surface area contributed by atoms with Gasteiger partial charge in [-0.15, -0.1) is 0 Å². The van der Waals surface area contributed by atoms with E-state index in [1.54, 1.807) is 0 Å². The topological polar surface area (TPSA) is 81.3 Å². The van der Waals surface area contributed by atoms with Crippen molar-refractivity contribution in [1.29, 1.82) is 0 Å². The number of hydrogen-bond acceptors (Lipinski definition) is 7. The molecule has 0 N–H and O–H groups in total. The fourth-order valence-corrected chi connectivity index (χ4v) is 10.9. The zero-order valence-corrected chi connectivity index (χ0v) is 40.8. The lowest BCUT2D eigenvalue weighted by Crippen LogP contribution is -2.09. The molecule has 0 radical (unpaired) electrons. The summed E-state index contributed by atoms with van der Waals surface area (Å²) in [5.74, 6) is 0.939. The molecule has 0 spiro atoms. The smallest absolute Gasteiger partial charge is 0.250 e. The Labute approximate surface area is 436 Å². The van der Waals surface area contributed by atoms with Gasteiger partial charge in [0.1, 0.15) is 11.0 Å². The van der Waals surface area contributed by atoms with Crippen LogP contribution in [0.4, 0.5) is 34.1 Å². The maximum absolute atomic E-state index is 6.32. The first-order chi connectivity index (χ1) is 37.7. The molecule has 9 heteroatoms. The molecule has 5 heterocycles. The summed E-state index contributed by atoms with van der Waals surface area (Å²) in [6.45, 7) is 0. The van der Waals surface area contributed by atoms with Gasteiger partial charge >= 0.3 is 0 Å². The largest absolute Gasteiger partial charge is 0.418 e. The molecule has 0 saturated heterocycles. The third kappa shape index (κ3) is 7.21. The predicted octanol–water partition coefficient (Wildman–Crippen LogP) is 17.8. The number of anilines is 6.